The monoisotopic (exact) mass is 1030 g/mol. The van der Waals surface area contributed by atoms with Crippen LogP contribution in [0.15, 0.2) is 85.1 Å². The third kappa shape index (κ3) is 59.5. The summed E-state index contributed by atoms with van der Waals surface area (Å²) in [5, 5.41) is 0. The number of carbonyl (C=O) groups excluding carboxylic acids is 3. The molecule has 1 unspecified atom stereocenters. The first-order valence-corrected chi connectivity index (χ1v) is 31.6. The molecule has 0 amide bonds. The van der Waals surface area contributed by atoms with Crippen molar-refractivity contribution in [3.63, 3.8) is 0 Å². The van der Waals surface area contributed by atoms with Crippen molar-refractivity contribution < 1.29 is 28.6 Å². The second kappa shape index (κ2) is 62.1. The molecule has 0 bridgehead atoms. The van der Waals surface area contributed by atoms with Gasteiger partial charge in [0.25, 0.3) is 0 Å². The van der Waals surface area contributed by atoms with Crippen LogP contribution in [-0.4, -0.2) is 37.2 Å². The second-order valence-electron chi connectivity index (χ2n) is 21.0. The summed E-state index contributed by atoms with van der Waals surface area (Å²) in [6.45, 7) is 6.49. The van der Waals surface area contributed by atoms with Gasteiger partial charge in [-0.1, -0.05) is 298 Å². The number of hydrogen-bond acceptors (Lipinski definition) is 6. The average molecular weight is 1030 g/mol. The Bertz CT molecular complexity index is 1420. The van der Waals surface area contributed by atoms with Crippen molar-refractivity contribution in [1.29, 1.82) is 0 Å². The fourth-order valence-corrected chi connectivity index (χ4v) is 8.95. The molecule has 0 saturated heterocycles. The van der Waals surface area contributed by atoms with E-state index in [0.29, 0.717) is 19.3 Å². The lowest BCUT2D eigenvalue weighted by Gasteiger charge is -2.18. The summed E-state index contributed by atoms with van der Waals surface area (Å²) in [6.07, 6.45) is 82.0. The molecule has 0 radical (unpaired) electrons. The molecule has 1 atom stereocenters. The summed E-state index contributed by atoms with van der Waals surface area (Å²) in [5.41, 5.74) is 0. The van der Waals surface area contributed by atoms with Gasteiger partial charge < -0.3 is 14.2 Å². The minimum absolute atomic E-state index is 0.0718. The molecule has 0 rings (SSSR count). The van der Waals surface area contributed by atoms with Gasteiger partial charge in [0.15, 0.2) is 6.10 Å². The van der Waals surface area contributed by atoms with Gasteiger partial charge in [-0.3, -0.25) is 14.4 Å². The number of esters is 3. The van der Waals surface area contributed by atoms with Crippen molar-refractivity contribution in [3.05, 3.63) is 85.1 Å². The molecule has 0 spiro atoms. The zero-order valence-electron chi connectivity index (χ0n) is 48.8. The maximum absolute atomic E-state index is 12.8. The third-order valence-corrected chi connectivity index (χ3v) is 13.7. The van der Waals surface area contributed by atoms with E-state index in [1.165, 1.54) is 167 Å². The summed E-state index contributed by atoms with van der Waals surface area (Å²) in [7, 11) is 0. The van der Waals surface area contributed by atoms with Crippen LogP contribution < -0.4 is 0 Å². The largest absolute Gasteiger partial charge is 0.462 e. The smallest absolute Gasteiger partial charge is 0.306 e. The van der Waals surface area contributed by atoms with Gasteiger partial charge in [0.1, 0.15) is 13.2 Å². The van der Waals surface area contributed by atoms with E-state index in [2.05, 4.69) is 106 Å². The van der Waals surface area contributed by atoms with Crippen molar-refractivity contribution in [3.8, 4) is 0 Å². The van der Waals surface area contributed by atoms with Crippen molar-refractivity contribution in [1.82, 2.24) is 0 Å². The van der Waals surface area contributed by atoms with E-state index >= 15 is 0 Å². The number of unbranched alkanes of at least 4 members (excludes halogenated alkanes) is 32. The molecule has 0 heterocycles. The average Bonchev–Trinajstić information content (AvgIpc) is 3.40. The number of ether oxygens (including phenoxy) is 3. The highest BCUT2D eigenvalue weighted by Gasteiger charge is 2.19. The first kappa shape index (κ1) is 70.6. The first-order chi connectivity index (χ1) is 36.5. The van der Waals surface area contributed by atoms with Crippen molar-refractivity contribution >= 4 is 17.9 Å². The summed E-state index contributed by atoms with van der Waals surface area (Å²) in [5.74, 6) is -0.870. The molecule has 0 aromatic rings. The normalized spacial score (nSPS) is 12.6. The fraction of sp³-hybridized carbons (Fsp3) is 0.750. The van der Waals surface area contributed by atoms with Gasteiger partial charge in [-0.2, -0.15) is 0 Å². The molecular formula is C68H118O6. The van der Waals surface area contributed by atoms with Gasteiger partial charge >= 0.3 is 17.9 Å². The Kier molecular flexibility index (Phi) is 59.3. The van der Waals surface area contributed by atoms with Crippen LogP contribution in [0, 0.1) is 0 Å². The highest BCUT2D eigenvalue weighted by Crippen LogP contribution is 2.17. The molecule has 6 heteroatoms. The highest BCUT2D eigenvalue weighted by atomic mass is 16.6. The number of carbonyl (C=O) groups is 3. The molecule has 0 N–H and O–H groups in total. The van der Waals surface area contributed by atoms with Crippen molar-refractivity contribution in [2.24, 2.45) is 0 Å². The predicted octanol–water partition coefficient (Wildman–Crippen LogP) is 21.5. The van der Waals surface area contributed by atoms with Gasteiger partial charge in [0.05, 0.1) is 0 Å². The SMILES string of the molecule is CC/C=C\C/C=C\C/C=C\C/C=C\C/C=C\C/C=C\C/C=C\CCCCCCCCCCCCCCCC(=O)OCC(COC(=O)CCCCCCCC)OC(=O)CCCCCCCCCCCCCCCCC. The zero-order chi connectivity index (χ0) is 53.6. The van der Waals surface area contributed by atoms with Crippen LogP contribution in [0.4, 0.5) is 0 Å². The van der Waals surface area contributed by atoms with Crippen LogP contribution in [0.5, 0.6) is 0 Å². The Hall–Kier alpha value is -3.41. The Labute approximate surface area is 458 Å². The van der Waals surface area contributed by atoms with Gasteiger partial charge in [-0.15, -0.1) is 0 Å². The van der Waals surface area contributed by atoms with Gasteiger partial charge in [-0.05, 0) is 77.0 Å². The molecule has 0 saturated carbocycles. The van der Waals surface area contributed by atoms with E-state index in [1.54, 1.807) is 0 Å². The second-order valence-corrected chi connectivity index (χ2v) is 21.0. The number of hydrogen-bond donors (Lipinski definition) is 0. The number of rotatable bonds is 57. The van der Waals surface area contributed by atoms with Crippen LogP contribution in [0.1, 0.15) is 310 Å². The molecule has 6 nitrogen and oxygen atoms in total. The molecule has 426 valence electrons. The molecule has 0 aromatic heterocycles. The maximum atomic E-state index is 12.8. The lowest BCUT2D eigenvalue weighted by Crippen LogP contribution is -2.30. The Morgan fingerprint density at radius 2 is 0.527 bits per heavy atom. The number of allylic oxidation sites excluding steroid dienone is 14. The van der Waals surface area contributed by atoms with Crippen LogP contribution in [0.2, 0.25) is 0 Å². The molecule has 74 heavy (non-hydrogen) atoms. The Morgan fingerprint density at radius 3 is 0.824 bits per heavy atom. The zero-order valence-corrected chi connectivity index (χ0v) is 48.8. The van der Waals surface area contributed by atoms with E-state index in [-0.39, 0.29) is 31.1 Å². The van der Waals surface area contributed by atoms with E-state index in [4.69, 9.17) is 14.2 Å². The van der Waals surface area contributed by atoms with Gasteiger partial charge in [0.2, 0.25) is 0 Å². The van der Waals surface area contributed by atoms with Crippen LogP contribution in [0.25, 0.3) is 0 Å². The van der Waals surface area contributed by atoms with Crippen molar-refractivity contribution in [2.75, 3.05) is 13.2 Å². The van der Waals surface area contributed by atoms with Crippen LogP contribution in [-0.2, 0) is 28.6 Å². The Morgan fingerprint density at radius 1 is 0.284 bits per heavy atom. The van der Waals surface area contributed by atoms with E-state index in [1.807, 2.05) is 0 Å². The third-order valence-electron chi connectivity index (χ3n) is 13.7. The van der Waals surface area contributed by atoms with E-state index in [0.717, 1.165) is 103 Å². The molecule has 0 aliphatic carbocycles. The minimum Gasteiger partial charge on any atom is -0.462 e. The lowest BCUT2D eigenvalue weighted by molar-refractivity contribution is -0.167. The maximum Gasteiger partial charge on any atom is 0.306 e. The Balaban J connectivity index is 3.99. The standard InChI is InChI=1S/C68H118O6/c1-4-7-10-13-16-18-20-22-24-25-26-27-28-29-30-31-32-33-34-35-36-37-38-39-40-41-42-43-45-46-48-50-52-55-58-61-67(70)73-64-65(63-72-66(69)60-57-54-15-12-9-6-3)74-68(71)62-59-56-53-51-49-47-44-23-21-19-17-14-11-8-5-2/h7,10,16,18,22,24,26-27,29-30,32-33,35-36,65H,4-6,8-9,11-15,17,19-21,23,25,28,31,34,37-64H2,1-3H3/b10-7-,18-16-,24-22-,27-26-,30-29-,33-32-,36-35-. The van der Waals surface area contributed by atoms with Gasteiger partial charge in [0, 0.05) is 19.3 Å². The summed E-state index contributed by atoms with van der Waals surface area (Å²) >= 11 is 0. The van der Waals surface area contributed by atoms with E-state index < -0.39 is 6.10 Å². The fourth-order valence-electron chi connectivity index (χ4n) is 8.95. The molecule has 0 aliphatic heterocycles. The lowest BCUT2D eigenvalue weighted by atomic mass is 10.0. The summed E-state index contributed by atoms with van der Waals surface area (Å²) in [6, 6.07) is 0. The first-order valence-electron chi connectivity index (χ1n) is 31.6. The van der Waals surface area contributed by atoms with E-state index in [9.17, 15) is 14.4 Å². The van der Waals surface area contributed by atoms with Crippen LogP contribution in [0.3, 0.4) is 0 Å². The minimum atomic E-state index is -0.769. The molecule has 0 aromatic carbocycles. The van der Waals surface area contributed by atoms with Crippen molar-refractivity contribution in [2.45, 2.75) is 316 Å². The molecular weight excluding hydrogens is 913 g/mol. The predicted molar refractivity (Wildman–Crippen MR) is 321 cm³/mol. The highest BCUT2D eigenvalue weighted by molar-refractivity contribution is 5.71. The van der Waals surface area contributed by atoms with Crippen LogP contribution >= 0.6 is 0 Å². The molecule has 0 fully saturated rings. The van der Waals surface area contributed by atoms with Gasteiger partial charge in [-0.25, -0.2) is 0 Å². The topological polar surface area (TPSA) is 78.9 Å². The molecule has 0 aliphatic rings. The quantitative estimate of drug-likeness (QED) is 0.0261. The summed E-state index contributed by atoms with van der Waals surface area (Å²) in [4.78, 5) is 37.9. The summed E-state index contributed by atoms with van der Waals surface area (Å²) < 4.78 is 16.8.